The Hall–Kier alpha value is -3.05. The second-order valence-corrected chi connectivity index (χ2v) is 9.95. The third-order valence-electron chi connectivity index (χ3n) is 5.21. The highest BCUT2D eigenvalue weighted by atomic mass is 32.2. The van der Waals surface area contributed by atoms with Crippen LogP contribution in [0.2, 0.25) is 0 Å². The molecule has 5 rings (SSSR count). The number of rotatable bonds is 6. The first kappa shape index (κ1) is 20.8. The van der Waals surface area contributed by atoms with E-state index in [4.69, 9.17) is 15.5 Å². The summed E-state index contributed by atoms with van der Waals surface area (Å²) in [5.74, 6) is 0.380. The van der Waals surface area contributed by atoms with Crippen LogP contribution in [0.25, 0.3) is 43.8 Å². The topological polar surface area (TPSA) is 115 Å². The van der Waals surface area contributed by atoms with E-state index in [-0.39, 0.29) is 0 Å². The Kier molecular flexibility index (Phi) is 5.51. The van der Waals surface area contributed by atoms with Crippen molar-refractivity contribution >= 4 is 49.5 Å². The van der Waals surface area contributed by atoms with Crippen LogP contribution < -0.4 is 5.73 Å². The molecule has 5 aromatic rings. The molecule has 0 fully saturated rings. The van der Waals surface area contributed by atoms with Crippen LogP contribution in [-0.2, 0) is 23.0 Å². The van der Waals surface area contributed by atoms with E-state index in [0.717, 1.165) is 43.8 Å². The molecule has 4 heterocycles. The van der Waals surface area contributed by atoms with Gasteiger partial charge in [-0.25, -0.2) is 4.98 Å². The lowest BCUT2D eigenvalue weighted by atomic mass is 10.0. The van der Waals surface area contributed by atoms with Crippen LogP contribution in [0.5, 0.6) is 0 Å². The number of fused-ring (bicyclic) bond motifs is 2. The molecule has 0 amide bonds. The van der Waals surface area contributed by atoms with Crippen molar-refractivity contribution in [1.29, 1.82) is 0 Å². The first-order valence-electron chi connectivity index (χ1n) is 9.86. The largest absolute Gasteiger partial charge is 0.611 e. The average Bonchev–Trinajstić information content (AvgIpc) is 3.39. The molecular formula is C22H20N6O2S2. The quantitative estimate of drug-likeness (QED) is 0.382. The summed E-state index contributed by atoms with van der Waals surface area (Å²) >= 11 is 0.0929. The van der Waals surface area contributed by atoms with Crippen molar-refractivity contribution in [3.05, 3.63) is 48.9 Å². The summed E-state index contributed by atoms with van der Waals surface area (Å²) in [7, 11) is 3.47. The first-order valence-corrected chi connectivity index (χ1v) is 12.0. The Morgan fingerprint density at radius 2 is 1.94 bits per heavy atom. The summed E-state index contributed by atoms with van der Waals surface area (Å²) in [5.41, 5.74) is 12.1. The Balaban J connectivity index is 1.73. The minimum Gasteiger partial charge on any atom is -0.611 e. The maximum Gasteiger partial charge on any atom is 0.232 e. The molecule has 0 aliphatic rings. The molecule has 8 nitrogen and oxygen atoms in total. The van der Waals surface area contributed by atoms with Crippen molar-refractivity contribution in [3.8, 4) is 22.5 Å². The smallest absolute Gasteiger partial charge is 0.232 e. The SMILES string of the molecule is COCC[S@@+]([O-])c1sc2nc(-c3ccc4nccnc4c3)cc(-c3ccnn3C)c2c1N. The molecule has 0 radical (unpaired) electrons. The highest BCUT2D eigenvalue weighted by molar-refractivity contribution is 7.93. The zero-order chi connectivity index (χ0) is 22.2. The standard InChI is InChI=1S/C22H20N6O2S2/c1-28-18(5-6-26-28)14-12-16(13-3-4-15-17(11-13)25-8-7-24-15)27-21-19(14)20(23)22(31-21)32(29)10-9-30-2/h3-8,11-12H,9-10,23H2,1-2H3/t32-/m1/s1. The maximum absolute atomic E-state index is 12.9. The number of benzene rings is 1. The van der Waals surface area contributed by atoms with Crippen LogP contribution >= 0.6 is 11.3 Å². The third-order valence-corrected chi connectivity index (χ3v) is 8.08. The Morgan fingerprint density at radius 3 is 2.69 bits per heavy atom. The fraction of sp³-hybridized carbons (Fsp3) is 0.182. The number of nitrogens with two attached hydrogens (primary N) is 1. The van der Waals surface area contributed by atoms with Crippen molar-refractivity contribution < 1.29 is 9.29 Å². The van der Waals surface area contributed by atoms with Gasteiger partial charge in [0.2, 0.25) is 4.21 Å². The van der Waals surface area contributed by atoms with Gasteiger partial charge >= 0.3 is 0 Å². The summed E-state index contributed by atoms with van der Waals surface area (Å²) in [6, 6.07) is 9.82. The van der Waals surface area contributed by atoms with Gasteiger partial charge in [0.25, 0.3) is 0 Å². The zero-order valence-corrected chi connectivity index (χ0v) is 19.1. The predicted molar refractivity (Wildman–Crippen MR) is 128 cm³/mol. The summed E-state index contributed by atoms with van der Waals surface area (Å²) in [4.78, 5) is 14.4. The molecule has 0 unspecified atom stereocenters. The van der Waals surface area contributed by atoms with Gasteiger partial charge in [-0.2, -0.15) is 5.10 Å². The number of aromatic nitrogens is 5. The number of thiophene rings is 1. The molecule has 10 heteroatoms. The number of aryl methyl sites for hydroxylation is 1. The van der Waals surface area contributed by atoms with E-state index in [2.05, 4.69) is 15.1 Å². The van der Waals surface area contributed by atoms with Gasteiger partial charge in [0.05, 0.1) is 29.0 Å². The average molecular weight is 465 g/mol. The second kappa shape index (κ2) is 8.47. The molecule has 0 saturated carbocycles. The summed E-state index contributed by atoms with van der Waals surface area (Å²) in [6.45, 7) is 0.395. The molecule has 2 N–H and O–H groups in total. The Labute approximate surface area is 191 Å². The molecule has 0 aliphatic carbocycles. The number of hydrogen-bond donors (Lipinski definition) is 1. The number of nitrogens with zero attached hydrogens (tertiary/aromatic N) is 5. The van der Waals surface area contributed by atoms with Crippen molar-refractivity contribution in [2.24, 2.45) is 7.05 Å². The number of methoxy groups -OCH3 is 1. The fourth-order valence-electron chi connectivity index (χ4n) is 3.63. The van der Waals surface area contributed by atoms with Crippen LogP contribution in [0.15, 0.2) is 53.1 Å². The highest BCUT2D eigenvalue weighted by Gasteiger charge is 2.25. The Bertz CT molecular complexity index is 1430. The molecule has 4 aromatic heterocycles. The maximum atomic E-state index is 12.9. The molecule has 32 heavy (non-hydrogen) atoms. The summed E-state index contributed by atoms with van der Waals surface area (Å²) in [5, 5.41) is 5.11. The number of ether oxygens (including phenoxy) is 1. The molecular weight excluding hydrogens is 444 g/mol. The van der Waals surface area contributed by atoms with Gasteiger partial charge in [-0.1, -0.05) is 17.4 Å². The van der Waals surface area contributed by atoms with Gasteiger partial charge in [-0.15, -0.1) is 0 Å². The normalized spacial score (nSPS) is 12.6. The number of pyridine rings is 1. The van der Waals surface area contributed by atoms with E-state index in [1.165, 1.54) is 11.3 Å². The minimum absolute atomic E-state index is 0.380. The van der Waals surface area contributed by atoms with Gasteiger partial charge in [-0.3, -0.25) is 14.6 Å². The molecule has 162 valence electrons. The van der Waals surface area contributed by atoms with E-state index >= 15 is 0 Å². The minimum atomic E-state index is -1.27. The summed E-state index contributed by atoms with van der Waals surface area (Å²) < 4.78 is 20.4. The molecule has 0 bridgehead atoms. The van der Waals surface area contributed by atoms with E-state index in [1.807, 2.05) is 37.4 Å². The van der Waals surface area contributed by atoms with Crippen molar-refractivity contribution in [2.45, 2.75) is 4.21 Å². The lowest BCUT2D eigenvalue weighted by Crippen LogP contribution is -2.11. The van der Waals surface area contributed by atoms with Crippen molar-refractivity contribution in [2.75, 3.05) is 25.2 Å². The van der Waals surface area contributed by atoms with Crippen LogP contribution in [0.4, 0.5) is 5.69 Å². The van der Waals surface area contributed by atoms with Crippen molar-refractivity contribution in [1.82, 2.24) is 24.7 Å². The third kappa shape index (κ3) is 3.61. The van der Waals surface area contributed by atoms with E-state index in [0.29, 0.717) is 22.3 Å². The van der Waals surface area contributed by atoms with Gasteiger partial charge < -0.3 is 15.0 Å². The number of hydrogen-bond acceptors (Lipinski definition) is 8. The number of anilines is 1. The van der Waals surface area contributed by atoms with Gasteiger partial charge in [-0.05, 0) is 24.3 Å². The van der Waals surface area contributed by atoms with Crippen LogP contribution in [0, 0.1) is 0 Å². The van der Waals surface area contributed by atoms with Gasteiger partial charge in [0, 0.05) is 60.4 Å². The highest BCUT2D eigenvalue weighted by Crippen LogP contribution is 2.43. The van der Waals surface area contributed by atoms with Gasteiger partial charge in [0.15, 0.2) is 0 Å². The van der Waals surface area contributed by atoms with Gasteiger partial charge in [0.1, 0.15) is 16.3 Å². The molecule has 0 aliphatic heterocycles. The molecule has 0 saturated heterocycles. The predicted octanol–water partition coefficient (Wildman–Crippen LogP) is 3.64. The second-order valence-electron chi connectivity index (χ2n) is 7.18. The fourth-order valence-corrected chi connectivity index (χ4v) is 6.20. The monoisotopic (exact) mass is 464 g/mol. The van der Waals surface area contributed by atoms with Crippen LogP contribution in [0.1, 0.15) is 0 Å². The van der Waals surface area contributed by atoms with E-state index in [9.17, 15) is 4.55 Å². The van der Waals surface area contributed by atoms with E-state index < -0.39 is 11.2 Å². The summed E-state index contributed by atoms with van der Waals surface area (Å²) in [6.07, 6.45) is 5.09. The lowest BCUT2D eigenvalue weighted by molar-refractivity contribution is 0.217. The van der Waals surface area contributed by atoms with Crippen LogP contribution in [-0.4, -0.2) is 48.8 Å². The van der Waals surface area contributed by atoms with Crippen LogP contribution in [0.3, 0.4) is 0 Å². The zero-order valence-electron chi connectivity index (χ0n) is 17.5. The van der Waals surface area contributed by atoms with Crippen molar-refractivity contribution in [3.63, 3.8) is 0 Å². The Morgan fingerprint density at radius 1 is 1.12 bits per heavy atom. The van der Waals surface area contributed by atoms with E-state index in [1.54, 1.807) is 30.4 Å². The lowest BCUT2D eigenvalue weighted by Gasteiger charge is -2.10. The number of nitrogen functional groups attached to an aromatic ring is 1. The molecule has 0 spiro atoms. The molecule has 1 atom stereocenters. The molecule has 1 aromatic carbocycles. The first-order chi connectivity index (χ1) is 15.6.